The molecule has 0 aromatic carbocycles. The van der Waals surface area contributed by atoms with Crippen LogP contribution in [0.4, 0.5) is 0 Å². The third kappa shape index (κ3) is 1.29. The van der Waals surface area contributed by atoms with Gasteiger partial charge in [-0.15, -0.1) is 6.58 Å². The number of rotatable bonds is 4. The van der Waals surface area contributed by atoms with E-state index in [1.54, 1.807) is 0 Å². The minimum Gasteiger partial charge on any atom is -0.377 e. The topological polar surface area (TPSA) is 21.3 Å². The number of ether oxygens (including phenoxy) is 1. The summed E-state index contributed by atoms with van der Waals surface area (Å²) in [6.07, 6.45) is 4.42. The van der Waals surface area contributed by atoms with Crippen molar-refractivity contribution in [2.75, 3.05) is 13.2 Å². The van der Waals surface area contributed by atoms with Crippen LogP contribution in [-0.4, -0.2) is 25.3 Å². The second-order valence-corrected chi connectivity index (χ2v) is 4.19. The largest absolute Gasteiger partial charge is 0.377 e. The number of hydrogen-bond donors (Lipinski definition) is 1. The van der Waals surface area contributed by atoms with Crippen LogP contribution in [-0.2, 0) is 4.74 Å². The van der Waals surface area contributed by atoms with Gasteiger partial charge in [-0.2, -0.15) is 0 Å². The van der Waals surface area contributed by atoms with Gasteiger partial charge in [0.15, 0.2) is 0 Å². The minimum absolute atomic E-state index is 0.502. The van der Waals surface area contributed by atoms with Gasteiger partial charge < -0.3 is 10.1 Å². The highest BCUT2D eigenvalue weighted by molar-refractivity contribution is 5.14. The Kier molecular flexibility index (Phi) is 1.97. The summed E-state index contributed by atoms with van der Waals surface area (Å²) in [5.41, 5.74) is 0.502. The quantitative estimate of drug-likeness (QED) is 0.504. The van der Waals surface area contributed by atoms with Crippen LogP contribution < -0.4 is 5.32 Å². The Balaban J connectivity index is 1.78. The van der Waals surface area contributed by atoms with Crippen LogP contribution in [0.25, 0.3) is 0 Å². The predicted octanol–water partition coefficient (Wildman–Crippen LogP) is 1.33. The van der Waals surface area contributed by atoms with Crippen LogP contribution in [0, 0.1) is 5.41 Å². The van der Waals surface area contributed by atoms with Crippen LogP contribution in [0.1, 0.15) is 19.8 Å². The van der Waals surface area contributed by atoms with Crippen LogP contribution in [0.2, 0.25) is 0 Å². The van der Waals surface area contributed by atoms with E-state index in [1.165, 1.54) is 12.8 Å². The highest BCUT2D eigenvalue weighted by atomic mass is 16.5. The summed E-state index contributed by atoms with van der Waals surface area (Å²) in [7, 11) is 0. The maximum absolute atomic E-state index is 5.50. The van der Waals surface area contributed by atoms with E-state index in [1.807, 2.05) is 6.08 Å². The zero-order chi connectivity index (χ0) is 8.60. The van der Waals surface area contributed by atoms with Crippen molar-refractivity contribution < 1.29 is 4.74 Å². The molecule has 1 aliphatic heterocycles. The van der Waals surface area contributed by atoms with Gasteiger partial charge in [-0.3, -0.25) is 0 Å². The lowest BCUT2D eigenvalue weighted by Gasteiger charge is -2.12. The fourth-order valence-corrected chi connectivity index (χ4v) is 2.39. The van der Waals surface area contributed by atoms with Crippen molar-refractivity contribution in [3.8, 4) is 0 Å². The molecule has 1 saturated heterocycles. The molecule has 0 spiro atoms. The molecule has 3 atom stereocenters. The van der Waals surface area contributed by atoms with E-state index in [4.69, 9.17) is 4.74 Å². The summed E-state index contributed by atoms with van der Waals surface area (Å²) >= 11 is 0. The molecule has 1 saturated carbocycles. The van der Waals surface area contributed by atoms with Crippen LogP contribution in [0.3, 0.4) is 0 Å². The van der Waals surface area contributed by atoms with Gasteiger partial charge in [-0.05, 0) is 19.8 Å². The first-order chi connectivity index (χ1) is 5.77. The first-order valence-electron chi connectivity index (χ1n) is 4.71. The van der Waals surface area contributed by atoms with Gasteiger partial charge in [0.25, 0.3) is 0 Å². The monoisotopic (exact) mass is 167 g/mol. The fourth-order valence-electron chi connectivity index (χ4n) is 2.39. The Morgan fingerprint density at radius 2 is 2.50 bits per heavy atom. The standard InChI is InChI=1S/C10H17NO/c1-3-4-12-7-10-5-8(2)11-9(10)6-10/h3,8-9,11H,1,4-7H2,2H3/t8?,9?,10-/m1/s1. The lowest BCUT2D eigenvalue weighted by atomic mass is 10.0. The van der Waals surface area contributed by atoms with E-state index in [-0.39, 0.29) is 0 Å². The predicted molar refractivity (Wildman–Crippen MR) is 49.1 cm³/mol. The van der Waals surface area contributed by atoms with Crippen molar-refractivity contribution >= 4 is 0 Å². The Bertz CT molecular complexity index is 192. The molecule has 2 rings (SSSR count). The van der Waals surface area contributed by atoms with Gasteiger partial charge in [-0.1, -0.05) is 6.08 Å². The Labute approximate surface area is 74.0 Å². The number of fused-ring (bicyclic) bond motifs is 1. The molecule has 1 aliphatic carbocycles. The number of piperidine rings is 1. The average Bonchev–Trinajstić information content (AvgIpc) is 2.55. The Hall–Kier alpha value is -0.340. The first kappa shape index (κ1) is 8.27. The molecule has 0 aromatic heterocycles. The van der Waals surface area contributed by atoms with Gasteiger partial charge in [-0.25, -0.2) is 0 Å². The van der Waals surface area contributed by atoms with Crippen molar-refractivity contribution in [1.82, 2.24) is 5.32 Å². The van der Waals surface area contributed by atoms with Crippen LogP contribution in [0.5, 0.6) is 0 Å². The molecule has 2 unspecified atom stereocenters. The third-order valence-electron chi connectivity index (χ3n) is 3.01. The third-order valence-corrected chi connectivity index (χ3v) is 3.01. The lowest BCUT2D eigenvalue weighted by Crippen LogP contribution is -2.21. The summed E-state index contributed by atoms with van der Waals surface area (Å²) in [4.78, 5) is 0. The lowest BCUT2D eigenvalue weighted by molar-refractivity contribution is 0.111. The van der Waals surface area contributed by atoms with Gasteiger partial charge in [0.2, 0.25) is 0 Å². The smallest absolute Gasteiger partial charge is 0.0645 e. The molecule has 0 amide bonds. The highest BCUT2D eigenvalue weighted by Crippen LogP contribution is 2.54. The van der Waals surface area contributed by atoms with Gasteiger partial charge in [0.05, 0.1) is 13.2 Å². The van der Waals surface area contributed by atoms with E-state index in [0.717, 1.165) is 12.6 Å². The zero-order valence-electron chi connectivity index (χ0n) is 7.68. The molecule has 1 N–H and O–H groups in total. The van der Waals surface area contributed by atoms with Gasteiger partial charge in [0, 0.05) is 17.5 Å². The highest BCUT2D eigenvalue weighted by Gasteiger charge is 2.59. The molecule has 1 heterocycles. The van der Waals surface area contributed by atoms with E-state index in [0.29, 0.717) is 18.1 Å². The molecule has 68 valence electrons. The van der Waals surface area contributed by atoms with E-state index in [9.17, 15) is 0 Å². The van der Waals surface area contributed by atoms with Crippen molar-refractivity contribution in [3.05, 3.63) is 12.7 Å². The SMILES string of the molecule is C=CCOC[C@]12CC(C)NC1C2. The second kappa shape index (κ2) is 2.86. The summed E-state index contributed by atoms with van der Waals surface area (Å²) in [6.45, 7) is 7.50. The molecule has 2 fully saturated rings. The summed E-state index contributed by atoms with van der Waals surface area (Å²) < 4.78 is 5.50. The maximum atomic E-state index is 5.50. The molecule has 0 radical (unpaired) electrons. The van der Waals surface area contributed by atoms with Crippen LogP contribution >= 0.6 is 0 Å². The Morgan fingerprint density at radius 1 is 1.67 bits per heavy atom. The second-order valence-electron chi connectivity index (χ2n) is 4.19. The van der Waals surface area contributed by atoms with Crippen molar-refractivity contribution in [1.29, 1.82) is 0 Å². The molecular formula is C10H17NO. The molecule has 0 aromatic rings. The number of hydrogen-bond acceptors (Lipinski definition) is 2. The van der Waals surface area contributed by atoms with Gasteiger partial charge >= 0.3 is 0 Å². The van der Waals surface area contributed by atoms with Crippen molar-refractivity contribution in [2.45, 2.75) is 31.8 Å². The van der Waals surface area contributed by atoms with E-state index in [2.05, 4.69) is 18.8 Å². The molecular weight excluding hydrogens is 150 g/mol. The van der Waals surface area contributed by atoms with E-state index >= 15 is 0 Å². The van der Waals surface area contributed by atoms with Gasteiger partial charge in [0.1, 0.15) is 0 Å². The average molecular weight is 167 g/mol. The molecule has 0 bridgehead atoms. The van der Waals surface area contributed by atoms with Crippen molar-refractivity contribution in [2.24, 2.45) is 5.41 Å². The molecule has 2 heteroatoms. The summed E-state index contributed by atoms with van der Waals surface area (Å²) in [5, 5.41) is 3.55. The minimum atomic E-state index is 0.502. The zero-order valence-corrected chi connectivity index (χ0v) is 7.68. The molecule has 2 nitrogen and oxygen atoms in total. The maximum Gasteiger partial charge on any atom is 0.0645 e. The Morgan fingerprint density at radius 3 is 3.08 bits per heavy atom. The van der Waals surface area contributed by atoms with Crippen LogP contribution in [0.15, 0.2) is 12.7 Å². The summed E-state index contributed by atoms with van der Waals surface area (Å²) in [5.74, 6) is 0. The van der Waals surface area contributed by atoms with Crippen molar-refractivity contribution in [3.63, 3.8) is 0 Å². The normalized spacial score (nSPS) is 44.1. The molecule has 2 aliphatic rings. The fraction of sp³-hybridized carbons (Fsp3) is 0.800. The first-order valence-corrected chi connectivity index (χ1v) is 4.71. The number of nitrogens with one attached hydrogen (secondary N) is 1. The molecule has 12 heavy (non-hydrogen) atoms. The van der Waals surface area contributed by atoms with E-state index < -0.39 is 0 Å². The summed E-state index contributed by atoms with van der Waals surface area (Å²) in [6, 6.07) is 1.44.